The number of aromatic nitrogens is 3. The standard InChI is InChI=1S/C17H18N4/c1-13(9-14-5-3-2-4-6-14)21-12-19-11-16(21)15-7-8-20-17(18)10-15/h2-8,10-13H,9H2,1H3,(H2,18,20). The van der Waals surface area contributed by atoms with Gasteiger partial charge in [0.1, 0.15) is 5.82 Å². The van der Waals surface area contributed by atoms with Crippen molar-refractivity contribution < 1.29 is 0 Å². The molecule has 0 radical (unpaired) electrons. The fourth-order valence-corrected chi connectivity index (χ4v) is 2.54. The van der Waals surface area contributed by atoms with Crippen molar-refractivity contribution in [1.29, 1.82) is 0 Å². The topological polar surface area (TPSA) is 56.7 Å². The third-order valence-electron chi connectivity index (χ3n) is 3.59. The second-order valence-electron chi connectivity index (χ2n) is 5.19. The normalized spacial score (nSPS) is 12.2. The van der Waals surface area contributed by atoms with E-state index >= 15 is 0 Å². The van der Waals surface area contributed by atoms with Crippen LogP contribution in [-0.4, -0.2) is 14.5 Å². The van der Waals surface area contributed by atoms with E-state index in [4.69, 9.17) is 5.73 Å². The van der Waals surface area contributed by atoms with Crippen molar-refractivity contribution in [3.8, 4) is 11.3 Å². The zero-order valence-electron chi connectivity index (χ0n) is 12.0. The maximum absolute atomic E-state index is 5.77. The van der Waals surface area contributed by atoms with Gasteiger partial charge in [0.15, 0.2) is 0 Å². The number of hydrogen-bond donors (Lipinski definition) is 1. The first-order valence-electron chi connectivity index (χ1n) is 7.01. The number of hydrogen-bond acceptors (Lipinski definition) is 3. The SMILES string of the molecule is CC(Cc1ccccc1)n1cncc1-c1ccnc(N)c1. The highest BCUT2D eigenvalue weighted by atomic mass is 15.1. The average Bonchev–Trinajstić information content (AvgIpc) is 2.98. The number of rotatable bonds is 4. The summed E-state index contributed by atoms with van der Waals surface area (Å²) in [6.07, 6.45) is 6.43. The predicted molar refractivity (Wildman–Crippen MR) is 84.7 cm³/mol. The molecule has 0 saturated carbocycles. The van der Waals surface area contributed by atoms with Gasteiger partial charge < -0.3 is 10.3 Å². The predicted octanol–water partition coefficient (Wildman–Crippen LogP) is 3.33. The summed E-state index contributed by atoms with van der Waals surface area (Å²) in [4.78, 5) is 8.33. The fraction of sp³-hybridized carbons (Fsp3) is 0.176. The molecule has 0 spiro atoms. The first-order valence-corrected chi connectivity index (χ1v) is 7.01. The van der Waals surface area contributed by atoms with Gasteiger partial charge in [-0.25, -0.2) is 9.97 Å². The summed E-state index contributed by atoms with van der Waals surface area (Å²) in [5.41, 5.74) is 9.20. The molecule has 0 aliphatic rings. The number of pyridine rings is 1. The molecule has 106 valence electrons. The van der Waals surface area contributed by atoms with Crippen molar-refractivity contribution in [3.63, 3.8) is 0 Å². The molecule has 0 fully saturated rings. The highest BCUT2D eigenvalue weighted by Gasteiger charge is 2.12. The monoisotopic (exact) mass is 278 g/mol. The van der Waals surface area contributed by atoms with Crippen LogP contribution in [0.25, 0.3) is 11.3 Å². The summed E-state index contributed by atoms with van der Waals surface area (Å²) in [5, 5.41) is 0. The van der Waals surface area contributed by atoms with Crippen LogP contribution in [0.3, 0.4) is 0 Å². The Kier molecular flexibility index (Phi) is 3.69. The van der Waals surface area contributed by atoms with Crippen molar-refractivity contribution in [2.45, 2.75) is 19.4 Å². The molecule has 0 aliphatic heterocycles. The first-order chi connectivity index (χ1) is 10.2. The van der Waals surface area contributed by atoms with Gasteiger partial charge in [0.2, 0.25) is 0 Å². The van der Waals surface area contributed by atoms with Gasteiger partial charge in [-0.2, -0.15) is 0 Å². The summed E-state index contributed by atoms with van der Waals surface area (Å²) in [6, 6.07) is 14.6. The minimum absolute atomic E-state index is 0.319. The smallest absolute Gasteiger partial charge is 0.123 e. The lowest BCUT2D eigenvalue weighted by Crippen LogP contribution is -2.08. The molecule has 3 rings (SSSR count). The Hall–Kier alpha value is -2.62. The largest absolute Gasteiger partial charge is 0.384 e. The van der Waals surface area contributed by atoms with Gasteiger partial charge in [0.05, 0.1) is 18.2 Å². The third-order valence-corrected chi connectivity index (χ3v) is 3.59. The second-order valence-corrected chi connectivity index (χ2v) is 5.19. The van der Waals surface area contributed by atoms with Crippen LogP contribution in [0.2, 0.25) is 0 Å². The number of benzene rings is 1. The van der Waals surface area contributed by atoms with Gasteiger partial charge >= 0.3 is 0 Å². The van der Waals surface area contributed by atoms with Crippen molar-refractivity contribution in [2.75, 3.05) is 5.73 Å². The van der Waals surface area contributed by atoms with E-state index in [0.29, 0.717) is 11.9 Å². The lowest BCUT2D eigenvalue weighted by molar-refractivity contribution is 0.549. The van der Waals surface area contributed by atoms with Gasteiger partial charge in [-0.3, -0.25) is 0 Å². The molecule has 0 bridgehead atoms. The molecule has 0 amide bonds. The van der Waals surface area contributed by atoms with Gasteiger partial charge in [0, 0.05) is 17.8 Å². The molecule has 3 aromatic rings. The fourth-order valence-electron chi connectivity index (χ4n) is 2.54. The van der Waals surface area contributed by atoms with E-state index in [9.17, 15) is 0 Å². The molecule has 1 unspecified atom stereocenters. The quantitative estimate of drug-likeness (QED) is 0.796. The summed E-state index contributed by atoms with van der Waals surface area (Å²) in [5.74, 6) is 0.524. The number of nitrogens with zero attached hydrogens (tertiary/aromatic N) is 3. The van der Waals surface area contributed by atoms with E-state index in [0.717, 1.165) is 17.7 Å². The minimum atomic E-state index is 0.319. The highest BCUT2D eigenvalue weighted by Crippen LogP contribution is 2.24. The van der Waals surface area contributed by atoms with E-state index < -0.39 is 0 Å². The molecule has 4 nitrogen and oxygen atoms in total. The Balaban J connectivity index is 1.88. The van der Waals surface area contributed by atoms with Crippen LogP contribution in [0.1, 0.15) is 18.5 Å². The van der Waals surface area contributed by atoms with Gasteiger partial charge in [-0.15, -0.1) is 0 Å². The average molecular weight is 278 g/mol. The summed E-state index contributed by atoms with van der Waals surface area (Å²) in [6.45, 7) is 2.20. The molecular weight excluding hydrogens is 260 g/mol. The maximum atomic E-state index is 5.77. The van der Waals surface area contributed by atoms with Gasteiger partial charge in [-0.05, 0) is 31.0 Å². The lowest BCUT2D eigenvalue weighted by Gasteiger charge is -2.17. The van der Waals surface area contributed by atoms with E-state index in [1.165, 1.54) is 5.56 Å². The van der Waals surface area contributed by atoms with E-state index in [1.807, 2.05) is 30.7 Å². The molecule has 0 aliphatic carbocycles. The van der Waals surface area contributed by atoms with Crippen molar-refractivity contribution in [3.05, 3.63) is 66.7 Å². The van der Waals surface area contributed by atoms with Crippen LogP contribution < -0.4 is 5.73 Å². The summed E-state index contributed by atoms with van der Waals surface area (Å²) in [7, 11) is 0. The van der Waals surface area contributed by atoms with E-state index in [1.54, 1.807) is 6.20 Å². The Labute approximate surface area is 124 Å². The van der Waals surface area contributed by atoms with Crippen molar-refractivity contribution in [1.82, 2.24) is 14.5 Å². The highest BCUT2D eigenvalue weighted by molar-refractivity contribution is 5.61. The zero-order valence-corrected chi connectivity index (χ0v) is 12.0. The van der Waals surface area contributed by atoms with E-state index in [-0.39, 0.29) is 0 Å². The lowest BCUT2D eigenvalue weighted by atomic mass is 10.1. The molecule has 2 N–H and O–H groups in total. The minimum Gasteiger partial charge on any atom is -0.384 e. The first kappa shape index (κ1) is 13.4. The number of imidazole rings is 1. The molecular formula is C17H18N4. The molecule has 2 heterocycles. The summed E-state index contributed by atoms with van der Waals surface area (Å²) < 4.78 is 2.18. The van der Waals surface area contributed by atoms with Crippen LogP contribution in [0.5, 0.6) is 0 Å². The third kappa shape index (κ3) is 2.94. The van der Waals surface area contributed by atoms with Crippen LogP contribution in [0, 0.1) is 0 Å². The molecule has 2 aromatic heterocycles. The molecule has 1 atom stereocenters. The van der Waals surface area contributed by atoms with E-state index in [2.05, 4.69) is 45.7 Å². The van der Waals surface area contributed by atoms with Crippen LogP contribution in [0.4, 0.5) is 5.82 Å². The number of anilines is 1. The Morgan fingerprint density at radius 3 is 2.76 bits per heavy atom. The molecule has 0 saturated heterocycles. The van der Waals surface area contributed by atoms with Crippen LogP contribution >= 0.6 is 0 Å². The van der Waals surface area contributed by atoms with Crippen LogP contribution in [0.15, 0.2) is 61.2 Å². The molecule has 1 aromatic carbocycles. The van der Waals surface area contributed by atoms with Crippen molar-refractivity contribution in [2.24, 2.45) is 0 Å². The summed E-state index contributed by atoms with van der Waals surface area (Å²) >= 11 is 0. The molecule has 21 heavy (non-hydrogen) atoms. The maximum Gasteiger partial charge on any atom is 0.123 e. The Morgan fingerprint density at radius 2 is 2.00 bits per heavy atom. The van der Waals surface area contributed by atoms with Gasteiger partial charge in [-0.1, -0.05) is 30.3 Å². The molecule has 4 heteroatoms. The second kappa shape index (κ2) is 5.79. The van der Waals surface area contributed by atoms with Crippen LogP contribution in [-0.2, 0) is 6.42 Å². The number of nitrogens with two attached hydrogens (primary N) is 1. The number of nitrogen functional groups attached to an aromatic ring is 1. The Bertz CT molecular complexity index is 718. The van der Waals surface area contributed by atoms with Gasteiger partial charge in [0.25, 0.3) is 0 Å². The zero-order chi connectivity index (χ0) is 14.7. The van der Waals surface area contributed by atoms with Crippen molar-refractivity contribution >= 4 is 5.82 Å². The Morgan fingerprint density at radius 1 is 1.19 bits per heavy atom.